The molecule has 5 heteroatoms. The van der Waals surface area contributed by atoms with Crippen LogP contribution < -0.4 is 10.2 Å². The number of carbonyl (C=O) groups is 1. The van der Waals surface area contributed by atoms with E-state index >= 15 is 0 Å². The van der Waals surface area contributed by atoms with Crippen molar-refractivity contribution in [2.75, 3.05) is 23.3 Å². The Morgan fingerprint density at radius 3 is 2.90 bits per heavy atom. The third-order valence-electron chi connectivity index (χ3n) is 3.28. The summed E-state index contributed by atoms with van der Waals surface area (Å²) in [4.78, 5) is 18.4. The number of carbonyl (C=O) groups excluding carboxylic acids is 1. The highest BCUT2D eigenvalue weighted by Crippen LogP contribution is 2.24. The number of nitrogens with zero attached hydrogens (tertiary/aromatic N) is 2. The van der Waals surface area contributed by atoms with Gasteiger partial charge in [0.25, 0.3) is 0 Å². The Kier molecular flexibility index (Phi) is 3.69. The van der Waals surface area contributed by atoms with Crippen LogP contribution in [0.4, 0.5) is 11.5 Å². The zero-order valence-electron chi connectivity index (χ0n) is 10.8. The second-order valence-corrected chi connectivity index (χ2v) is 5.63. The lowest BCUT2D eigenvalue weighted by Crippen LogP contribution is -2.32. The number of hydrogen-bond acceptors (Lipinski definition) is 3. The molecular formula is C15H14BrN3O. The van der Waals surface area contributed by atoms with Gasteiger partial charge in [-0.05, 0) is 42.3 Å². The summed E-state index contributed by atoms with van der Waals surface area (Å²) < 4.78 is 0.994. The molecule has 1 amide bonds. The van der Waals surface area contributed by atoms with Crippen LogP contribution in [0.3, 0.4) is 0 Å². The second kappa shape index (κ2) is 5.63. The molecule has 102 valence electrons. The fourth-order valence-corrected chi connectivity index (χ4v) is 2.60. The summed E-state index contributed by atoms with van der Waals surface area (Å²) in [6.07, 6.45) is 2.72. The normalized spacial score (nSPS) is 13.2. The van der Waals surface area contributed by atoms with Crippen molar-refractivity contribution in [3.63, 3.8) is 0 Å². The number of fused-ring (bicyclic) bond motifs is 1. The van der Waals surface area contributed by atoms with Crippen LogP contribution >= 0.6 is 15.9 Å². The van der Waals surface area contributed by atoms with Gasteiger partial charge in [0.2, 0.25) is 5.91 Å². The zero-order chi connectivity index (χ0) is 13.9. The van der Waals surface area contributed by atoms with Gasteiger partial charge in [0.15, 0.2) is 0 Å². The van der Waals surface area contributed by atoms with Crippen LogP contribution in [0.15, 0.2) is 47.1 Å². The number of amides is 1. The molecule has 3 rings (SSSR count). The molecule has 0 spiro atoms. The van der Waals surface area contributed by atoms with Crippen molar-refractivity contribution in [2.24, 2.45) is 0 Å². The van der Waals surface area contributed by atoms with Crippen molar-refractivity contribution in [3.8, 4) is 0 Å². The van der Waals surface area contributed by atoms with E-state index in [0.717, 1.165) is 28.9 Å². The first-order valence-corrected chi connectivity index (χ1v) is 7.26. The summed E-state index contributed by atoms with van der Waals surface area (Å²) in [6, 6.07) is 11.6. The summed E-state index contributed by atoms with van der Waals surface area (Å²) in [6.45, 7) is 1.18. The van der Waals surface area contributed by atoms with Gasteiger partial charge in [-0.25, -0.2) is 4.98 Å². The van der Waals surface area contributed by atoms with Crippen LogP contribution in [0.1, 0.15) is 5.56 Å². The molecule has 0 saturated carbocycles. The second-order valence-electron chi connectivity index (χ2n) is 4.71. The SMILES string of the molecule is O=C(CN1CCc2cccnc21)Nc1ccc(Br)cc1. The molecule has 1 aromatic heterocycles. The third-order valence-corrected chi connectivity index (χ3v) is 3.81. The lowest BCUT2D eigenvalue weighted by Gasteiger charge is -2.17. The Morgan fingerprint density at radius 2 is 2.10 bits per heavy atom. The molecule has 4 nitrogen and oxygen atoms in total. The fraction of sp³-hybridized carbons (Fsp3) is 0.200. The Bertz CT molecular complexity index is 627. The van der Waals surface area contributed by atoms with Gasteiger partial charge in [-0.1, -0.05) is 22.0 Å². The Balaban J connectivity index is 1.64. The Morgan fingerprint density at radius 1 is 1.30 bits per heavy atom. The highest BCUT2D eigenvalue weighted by atomic mass is 79.9. The van der Waals surface area contributed by atoms with Crippen molar-refractivity contribution >= 4 is 33.3 Å². The van der Waals surface area contributed by atoms with Crippen LogP contribution in [0.25, 0.3) is 0 Å². The van der Waals surface area contributed by atoms with Gasteiger partial charge in [-0.15, -0.1) is 0 Å². The molecule has 0 fully saturated rings. The van der Waals surface area contributed by atoms with E-state index in [1.165, 1.54) is 5.56 Å². The topological polar surface area (TPSA) is 45.2 Å². The van der Waals surface area contributed by atoms with Crippen molar-refractivity contribution in [3.05, 3.63) is 52.6 Å². The van der Waals surface area contributed by atoms with E-state index in [-0.39, 0.29) is 5.91 Å². The van der Waals surface area contributed by atoms with Gasteiger partial charge < -0.3 is 10.2 Å². The Hall–Kier alpha value is -1.88. The molecule has 1 N–H and O–H groups in total. The Labute approximate surface area is 126 Å². The van der Waals surface area contributed by atoms with Crippen LogP contribution in [-0.4, -0.2) is 24.0 Å². The minimum atomic E-state index is -0.0224. The highest BCUT2D eigenvalue weighted by Gasteiger charge is 2.21. The van der Waals surface area contributed by atoms with Gasteiger partial charge in [0, 0.05) is 22.9 Å². The minimum Gasteiger partial charge on any atom is -0.347 e. The average Bonchev–Trinajstić information content (AvgIpc) is 2.85. The monoisotopic (exact) mass is 331 g/mol. The largest absolute Gasteiger partial charge is 0.347 e. The molecule has 0 bridgehead atoms. The molecule has 0 radical (unpaired) electrons. The van der Waals surface area contributed by atoms with E-state index in [0.29, 0.717) is 6.54 Å². The molecule has 1 aliphatic rings. The highest BCUT2D eigenvalue weighted by molar-refractivity contribution is 9.10. The molecule has 0 atom stereocenters. The van der Waals surface area contributed by atoms with Gasteiger partial charge >= 0.3 is 0 Å². The van der Waals surface area contributed by atoms with Gasteiger partial charge in [0.1, 0.15) is 5.82 Å². The van der Waals surface area contributed by atoms with Crippen LogP contribution in [-0.2, 0) is 11.2 Å². The minimum absolute atomic E-state index is 0.0224. The first kappa shape index (κ1) is 13.1. The van der Waals surface area contributed by atoms with Crippen molar-refractivity contribution in [2.45, 2.75) is 6.42 Å². The molecule has 20 heavy (non-hydrogen) atoms. The zero-order valence-corrected chi connectivity index (χ0v) is 12.4. The van der Waals surface area contributed by atoms with E-state index in [4.69, 9.17) is 0 Å². The van der Waals surface area contributed by atoms with E-state index in [2.05, 4.69) is 32.3 Å². The lowest BCUT2D eigenvalue weighted by atomic mass is 10.2. The standard InChI is InChI=1S/C15H14BrN3O/c16-12-3-5-13(6-4-12)18-14(20)10-19-9-7-11-2-1-8-17-15(11)19/h1-6,8H,7,9-10H2,(H,18,20). The third kappa shape index (κ3) is 2.82. The summed E-state index contributed by atoms with van der Waals surface area (Å²) >= 11 is 3.37. The molecule has 1 aromatic carbocycles. The summed E-state index contributed by atoms with van der Waals surface area (Å²) in [5.74, 6) is 0.907. The maximum Gasteiger partial charge on any atom is 0.243 e. The predicted molar refractivity (Wildman–Crippen MR) is 82.9 cm³/mol. The summed E-state index contributed by atoms with van der Waals surface area (Å²) in [7, 11) is 0. The van der Waals surface area contributed by atoms with E-state index in [9.17, 15) is 4.79 Å². The molecule has 2 heterocycles. The van der Waals surface area contributed by atoms with E-state index in [1.807, 2.05) is 35.2 Å². The number of anilines is 2. The average molecular weight is 332 g/mol. The molecular weight excluding hydrogens is 318 g/mol. The van der Waals surface area contributed by atoms with Gasteiger partial charge in [-0.2, -0.15) is 0 Å². The van der Waals surface area contributed by atoms with Crippen molar-refractivity contribution < 1.29 is 4.79 Å². The molecule has 0 unspecified atom stereocenters. The summed E-state index contributed by atoms with van der Waals surface area (Å²) in [5, 5.41) is 2.90. The quantitative estimate of drug-likeness (QED) is 0.940. The molecule has 0 saturated heterocycles. The van der Waals surface area contributed by atoms with Crippen molar-refractivity contribution in [1.82, 2.24) is 4.98 Å². The fourth-order valence-electron chi connectivity index (χ4n) is 2.33. The molecule has 1 aliphatic heterocycles. The maximum absolute atomic E-state index is 12.1. The predicted octanol–water partition coefficient (Wildman–Crippen LogP) is 2.85. The van der Waals surface area contributed by atoms with Crippen molar-refractivity contribution in [1.29, 1.82) is 0 Å². The molecule has 2 aromatic rings. The number of benzene rings is 1. The first-order valence-electron chi connectivity index (χ1n) is 6.46. The smallest absolute Gasteiger partial charge is 0.243 e. The number of pyridine rings is 1. The first-order chi connectivity index (χ1) is 9.72. The van der Waals surface area contributed by atoms with Crippen LogP contribution in [0, 0.1) is 0 Å². The number of hydrogen-bond donors (Lipinski definition) is 1. The number of aromatic nitrogens is 1. The summed E-state index contributed by atoms with van der Waals surface area (Å²) in [5.41, 5.74) is 2.02. The van der Waals surface area contributed by atoms with E-state index < -0.39 is 0 Å². The molecule has 0 aliphatic carbocycles. The maximum atomic E-state index is 12.1. The van der Waals surface area contributed by atoms with E-state index in [1.54, 1.807) is 6.20 Å². The van der Waals surface area contributed by atoms with Crippen LogP contribution in [0.2, 0.25) is 0 Å². The lowest BCUT2D eigenvalue weighted by molar-refractivity contribution is -0.115. The number of rotatable bonds is 3. The number of halogens is 1. The van der Waals surface area contributed by atoms with Gasteiger partial charge in [-0.3, -0.25) is 4.79 Å². The van der Waals surface area contributed by atoms with Crippen LogP contribution in [0.5, 0.6) is 0 Å². The van der Waals surface area contributed by atoms with Gasteiger partial charge in [0.05, 0.1) is 6.54 Å². The number of nitrogens with one attached hydrogen (secondary N) is 1.